The van der Waals surface area contributed by atoms with Crippen molar-refractivity contribution in [3.8, 4) is 11.6 Å². The Hall–Kier alpha value is -1.82. The maximum absolute atomic E-state index is 5.21. The van der Waals surface area contributed by atoms with Gasteiger partial charge in [-0.15, -0.1) is 0 Å². The Morgan fingerprint density at radius 3 is 2.68 bits per heavy atom. The van der Waals surface area contributed by atoms with E-state index in [1.165, 1.54) is 0 Å². The molecule has 6 nitrogen and oxygen atoms in total. The van der Waals surface area contributed by atoms with E-state index >= 15 is 0 Å². The molecule has 0 aliphatic carbocycles. The summed E-state index contributed by atoms with van der Waals surface area (Å²) in [6.45, 7) is 7.14. The number of aryl methyl sites for hydroxylation is 2. The van der Waals surface area contributed by atoms with E-state index in [9.17, 15) is 0 Å². The van der Waals surface area contributed by atoms with E-state index in [4.69, 9.17) is 4.52 Å². The second-order valence-corrected chi connectivity index (χ2v) is 4.59. The molecule has 1 unspecified atom stereocenters. The minimum Gasteiger partial charge on any atom is -0.339 e. The van der Waals surface area contributed by atoms with Gasteiger partial charge in [0.2, 0.25) is 17.5 Å². The van der Waals surface area contributed by atoms with Crippen LogP contribution in [0.25, 0.3) is 11.6 Å². The van der Waals surface area contributed by atoms with Gasteiger partial charge in [0.1, 0.15) is 0 Å². The van der Waals surface area contributed by atoms with Gasteiger partial charge in [-0.1, -0.05) is 12.1 Å². The summed E-state index contributed by atoms with van der Waals surface area (Å²) in [5.74, 6) is 1.58. The van der Waals surface area contributed by atoms with Gasteiger partial charge in [-0.05, 0) is 32.4 Å². The number of hydrogen-bond acceptors (Lipinski definition) is 6. The van der Waals surface area contributed by atoms with E-state index in [0.717, 1.165) is 24.9 Å². The summed E-state index contributed by atoms with van der Waals surface area (Å²) in [6.07, 6.45) is 5.20. The summed E-state index contributed by atoms with van der Waals surface area (Å²) in [4.78, 5) is 12.7. The molecule has 102 valence electrons. The first kappa shape index (κ1) is 13.6. The van der Waals surface area contributed by atoms with Crippen molar-refractivity contribution in [2.75, 3.05) is 6.54 Å². The Bertz CT molecular complexity index is 508. The zero-order chi connectivity index (χ0) is 13.7. The average molecular weight is 261 g/mol. The summed E-state index contributed by atoms with van der Waals surface area (Å²) in [6, 6.07) is 0.441. The molecule has 6 heteroatoms. The molecular weight excluding hydrogens is 242 g/mol. The highest BCUT2D eigenvalue weighted by Crippen LogP contribution is 2.11. The van der Waals surface area contributed by atoms with Crippen molar-refractivity contribution in [3.63, 3.8) is 0 Å². The molecule has 0 spiro atoms. The van der Waals surface area contributed by atoms with E-state index in [1.54, 1.807) is 12.4 Å². The lowest BCUT2D eigenvalue weighted by Crippen LogP contribution is -2.25. The van der Waals surface area contributed by atoms with Gasteiger partial charge in [-0.3, -0.25) is 0 Å². The van der Waals surface area contributed by atoms with Crippen LogP contribution in [0.5, 0.6) is 0 Å². The normalized spacial score (nSPS) is 12.6. The fraction of sp³-hybridized carbons (Fsp3) is 0.538. The standard InChI is InChI=1S/C13H19N5O/c1-4-14-10(3)5-6-11-17-13(18-19-11)12-15-7-9(2)8-16-12/h7-8,10,14H,4-6H2,1-3H3. The number of rotatable bonds is 6. The smallest absolute Gasteiger partial charge is 0.240 e. The van der Waals surface area contributed by atoms with Crippen LogP contribution >= 0.6 is 0 Å². The van der Waals surface area contributed by atoms with Gasteiger partial charge in [0.05, 0.1) is 0 Å². The lowest BCUT2D eigenvalue weighted by atomic mass is 10.2. The van der Waals surface area contributed by atoms with Crippen molar-refractivity contribution in [1.82, 2.24) is 25.4 Å². The molecule has 0 bridgehead atoms. The zero-order valence-corrected chi connectivity index (χ0v) is 11.6. The van der Waals surface area contributed by atoms with Crippen LogP contribution in [-0.4, -0.2) is 32.7 Å². The van der Waals surface area contributed by atoms with Gasteiger partial charge < -0.3 is 9.84 Å². The quantitative estimate of drug-likeness (QED) is 0.854. The van der Waals surface area contributed by atoms with Crippen LogP contribution in [-0.2, 0) is 6.42 Å². The Kier molecular flexibility index (Phi) is 4.57. The minimum atomic E-state index is 0.441. The minimum absolute atomic E-state index is 0.441. The molecule has 0 aliphatic heterocycles. The van der Waals surface area contributed by atoms with Gasteiger partial charge in [0.15, 0.2) is 0 Å². The van der Waals surface area contributed by atoms with Crippen LogP contribution in [0.4, 0.5) is 0 Å². The van der Waals surface area contributed by atoms with Gasteiger partial charge in [-0.2, -0.15) is 4.98 Å². The number of nitrogens with one attached hydrogen (secondary N) is 1. The lowest BCUT2D eigenvalue weighted by molar-refractivity contribution is 0.367. The van der Waals surface area contributed by atoms with Crippen LogP contribution in [0, 0.1) is 6.92 Å². The third-order valence-electron chi connectivity index (χ3n) is 2.79. The number of hydrogen-bond donors (Lipinski definition) is 1. The third-order valence-corrected chi connectivity index (χ3v) is 2.79. The lowest BCUT2D eigenvalue weighted by Gasteiger charge is -2.09. The first-order valence-electron chi connectivity index (χ1n) is 6.54. The van der Waals surface area contributed by atoms with E-state index in [0.29, 0.717) is 23.6 Å². The van der Waals surface area contributed by atoms with Crippen molar-refractivity contribution in [2.24, 2.45) is 0 Å². The predicted molar refractivity (Wildman–Crippen MR) is 71.5 cm³/mol. The molecule has 2 aromatic rings. The largest absolute Gasteiger partial charge is 0.339 e. The van der Waals surface area contributed by atoms with Crippen molar-refractivity contribution in [3.05, 3.63) is 23.8 Å². The zero-order valence-electron chi connectivity index (χ0n) is 11.6. The van der Waals surface area contributed by atoms with E-state index in [-0.39, 0.29) is 0 Å². The van der Waals surface area contributed by atoms with Crippen LogP contribution in [0.1, 0.15) is 31.7 Å². The Balaban J connectivity index is 1.97. The van der Waals surface area contributed by atoms with Gasteiger partial charge in [0.25, 0.3) is 0 Å². The summed E-state index contributed by atoms with van der Waals surface area (Å²) < 4.78 is 5.21. The summed E-state index contributed by atoms with van der Waals surface area (Å²) in [7, 11) is 0. The van der Waals surface area contributed by atoms with Crippen molar-refractivity contribution in [1.29, 1.82) is 0 Å². The molecule has 2 rings (SSSR count). The van der Waals surface area contributed by atoms with Gasteiger partial charge in [0, 0.05) is 24.9 Å². The van der Waals surface area contributed by atoms with Crippen molar-refractivity contribution in [2.45, 2.75) is 39.7 Å². The molecule has 0 fully saturated rings. The van der Waals surface area contributed by atoms with Crippen LogP contribution in [0.2, 0.25) is 0 Å². The maximum atomic E-state index is 5.21. The fourth-order valence-corrected chi connectivity index (χ4v) is 1.75. The Labute approximate surface area is 112 Å². The third kappa shape index (κ3) is 3.82. The number of nitrogens with zero attached hydrogens (tertiary/aromatic N) is 4. The monoisotopic (exact) mass is 261 g/mol. The molecular formula is C13H19N5O. The molecule has 0 saturated heterocycles. The van der Waals surface area contributed by atoms with Crippen LogP contribution in [0.3, 0.4) is 0 Å². The van der Waals surface area contributed by atoms with E-state index < -0.39 is 0 Å². The second kappa shape index (κ2) is 6.38. The Morgan fingerprint density at radius 2 is 2.00 bits per heavy atom. The Morgan fingerprint density at radius 1 is 1.26 bits per heavy atom. The summed E-state index contributed by atoms with van der Waals surface area (Å²) >= 11 is 0. The highest BCUT2D eigenvalue weighted by atomic mass is 16.5. The number of aromatic nitrogens is 4. The molecule has 1 atom stereocenters. The maximum Gasteiger partial charge on any atom is 0.240 e. The predicted octanol–water partition coefficient (Wildman–Crippen LogP) is 1.77. The molecule has 0 amide bonds. The average Bonchev–Trinajstić information content (AvgIpc) is 2.86. The van der Waals surface area contributed by atoms with Crippen molar-refractivity contribution >= 4 is 0 Å². The van der Waals surface area contributed by atoms with Crippen LogP contribution in [0.15, 0.2) is 16.9 Å². The summed E-state index contributed by atoms with van der Waals surface area (Å²) in [5, 5.41) is 7.25. The molecule has 2 aromatic heterocycles. The van der Waals surface area contributed by atoms with Gasteiger partial charge in [-0.25, -0.2) is 9.97 Å². The van der Waals surface area contributed by atoms with Crippen molar-refractivity contribution < 1.29 is 4.52 Å². The molecule has 0 saturated carbocycles. The molecule has 0 aromatic carbocycles. The molecule has 2 heterocycles. The molecule has 0 radical (unpaired) electrons. The summed E-state index contributed by atoms with van der Waals surface area (Å²) in [5.41, 5.74) is 1.01. The van der Waals surface area contributed by atoms with Crippen LogP contribution < -0.4 is 5.32 Å². The topological polar surface area (TPSA) is 76.7 Å². The highest BCUT2D eigenvalue weighted by Gasteiger charge is 2.11. The van der Waals surface area contributed by atoms with E-state index in [2.05, 4.69) is 39.3 Å². The van der Waals surface area contributed by atoms with Gasteiger partial charge >= 0.3 is 0 Å². The first-order valence-corrected chi connectivity index (χ1v) is 6.54. The molecule has 1 N–H and O–H groups in total. The molecule has 0 aliphatic rings. The fourth-order valence-electron chi connectivity index (χ4n) is 1.75. The molecule has 19 heavy (non-hydrogen) atoms. The SMILES string of the molecule is CCNC(C)CCc1nc(-c2ncc(C)cn2)no1. The first-order chi connectivity index (χ1) is 9.19. The van der Waals surface area contributed by atoms with E-state index in [1.807, 2.05) is 6.92 Å². The highest BCUT2D eigenvalue weighted by molar-refractivity contribution is 5.40. The second-order valence-electron chi connectivity index (χ2n) is 4.59.